The molecule has 3 heterocycles. The Labute approximate surface area is 185 Å². The number of ether oxygens (including phenoxy) is 1. The van der Waals surface area contributed by atoms with Gasteiger partial charge in [0.15, 0.2) is 6.61 Å². The van der Waals surface area contributed by atoms with E-state index in [1.54, 1.807) is 29.6 Å². The summed E-state index contributed by atoms with van der Waals surface area (Å²) in [7, 11) is 1.67. The Morgan fingerprint density at radius 1 is 1.22 bits per heavy atom. The van der Waals surface area contributed by atoms with Gasteiger partial charge in [0.05, 0.1) is 11.4 Å². The molecular weight excluding hydrogens is 410 g/mol. The van der Waals surface area contributed by atoms with Crippen molar-refractivity contribution in [1.29, 1.82) is 0 Å². The lowest BCUT2D eigenvalue weighted by Crippen LogP contribution is -2.35. The molecule has 3 aromatic rings. The van der Waals surface area contributed by atoms with Crippen LogP contribution in [0.15, 0.2) is 36.5 Å². The van der Waals surface area contributed by atoms with E-state index in [9.17, 15) is 14.4 Å². The number of benzene rings is 1. The van der Waals surface area contributed by atoms with Crippen molar-refractivity contribution >= 4 is 34.7 Å². The van der Waals surface area contributed by atoms with Crippen LogP contribution in [0.3, 0.4) is 0 Å². The van der Waals surface area contributed by atoms with Crippen molar-refractivity contribution in [2.45, 2.75) is 26.7 Å². The first-order valence-electron chi connectivity index (χ1n) is 10.4. The van der Waals surface area contributed by atoms with Crippen molar-refractivity contribution < 1.29 is 19.1 Å². The van der Waals surface area contributed by atoms with Crippen LogP contribution in [0.25, 0.3) is 5.65 Å². The number of aryl methyl sites for hydroxylation is 2. The van der Waals surface area contributed by atoms with Gasteiger partial charge in [-0.2, -0.15) is 0 Å². The molecule has 0 saturated carbocycles. The van der Waals surface area contributed by atoms with E-state index in [-0.39, 0.29) is 30.7 Å². The molecule has 32 heavy (non-hydrogen) atoms. The lowest BCUT2D eigenvalue weighted by Gasteiger charge is -2.26. The third-order valence-electron chi connectivity index (χ3n) is 5.43. The molecule has 0 aliphatic carbocycles. The number of pyridine rings is 1. The molecule has 1 aliphatic rings. The average Bonchev–Trinajstić information content (AvgIpc) is 3.11. The van der Waals surface area contributed by atoms with Gasteiger partial charge in [-0.3, -0.25) is 18.8 Å². The third kappa shape index (κ3) is 4.14. The number of rotatable bonds is 6. The zero-order valence-corrected chi connectivity index (χ0v) is 18.3. The highest BCUT2D eigenvalue weighted by molar-refractivity contribution is 5.99. The highest BCUT2D eigenvalue weighted by atomic mass is 16.5. The van der Waals surface area contributed by atoms with Crippen molar-refractivity contribution in [2.24, 2.45) is 0 Å². The number of aromatic nitrogens is 2. The molecule has 2 aromatic heterocycles. The SMILES string of the molecule is Cc1nc2c(C)cccn2c1C(=O)NCCCC(=O)Nc1ccc2c(c1)N(C)C(=O)CO2. The van der Waals surface area contributed by atoms with E-state index >= 15 is 0 Å². The summed E-state index contributed by atoms with van der Waals surface area (Å²) in [6.07, 6.45) is 2.55. The minimum atomic E-state index is -0.219. The Bertz CT molecular complexity index is 1220. The first-order valence-corrected chi connectivity index (χ1v) is 10.4. The molecule has 2 N–H and O–H groups in total. The summed E-state index contributed by atoms with van der Waals surface area (Å²) < 4.78 is 7.18. The van der Waals surface area contributed by atoms with E-state index in [0.717, 1.165) is 11.2 Å². The van der Waals surface area contributed by atoms with Gasteiger partial charge in [-0.1, -0.05) is 6.07 Å². The van der Waals surface area contributed by atoms with E-state index in [1.165, 1.54) is 4.90 Å². The zero-order chi connectivity index (χ0) is 22.8. The smallest absolute Gasteiger partial charge is 0.270 e. The normalized spacial score (nSPS) is 13.0. The molecule has 4 rings (SSSR count). The summed E-state index contributed by atoms with van der Waals surface area (Å²) in [4.78, 5) is 42.8. The van der Waals surface area contributed by atoms with Crippen LogP contribution in [-0.4, -0.2) is 47.3 Å². The summed E-state index contributed by atoms with van der Waals surface area (Å²) >= 11 is 0. The predicted molar refractivity (Wildman–Crippen MR) is 120 cm³/mol. The quantitative estimate of drug-likeness (QED) is 0.579. The van der Waals surface area contributed by atoms with Crippen molar-refractivity contribution in [3.05, 3.63) is 53.5 Å². The predicted octanol–water partition coefficient (Wildman–Crippen LogP) is 2.46. The van der Waals surface area contributed by atoms with E-state index in [0.29, 0.717) is 41.5 Å². The third-order valence-corrected chi connectivity index (χ3v) is 5.43. The molecule has 0 fully saturated rings. The fourth-order valence-corrected chi connectivity index (χ4v) is 3.70. The van der Waals surface area contributed by atoms with Crippen molar-refractivity contribution in [3.8, 4) is 5.75 Å². The zero-order valence-electron chi connectivity index (χ0n) is 18.3. The summed E-state index contributed by atoms with van der Waals surface area (Å²) in [5.41, 5.74) is 4.12. The molecule has 1 aromatic carbocycles. The van der Waals surface area contributed by atoms with Crippen LogP contribution in [0.4, 0.5) is 11.4 Å². The molecule has 166 valence electrons. The Morgan fingerprint density at radius 3 is 2.84 bits per heavy atom. The number of hydrogen-bond donors (Lipinski definition) is 2. The molecule has 0 unspecified atom stereocenters. The lowest BCUT2D eigenvalue weighted by atomic mass is 10.2. The Kier molecular flexibility index (Phi) is 5.81. The molecule has 3 amide bonds. The van der Waals surface area contributed by atoms with Crippen LogP contribution in [0.1, 0.15) is 34.6 Å². The Balaban J connectivity index is 1.30. The maximum atomic E-state index is 12.7. The van der Waals surface area contributed by atoms with Gasteiger partial charge in [0.25, 0.3) is 11.8 Å². The number of likely N-dealkylation sites (N-methyl/N-ethyl adjacent to an activating group) is 1. The number of amides is 3. The van der Waals surface area contributed by atoms with Gasteiger partial charge >= 0.3 is 0 Å². The number of anilines is 2. The molecule has 1 aliphatic heterocycles. The minimum absolute atomic E-state index is 0.00907. The van der Waals surface area contributed by atoms with Crippen molar-refractivity contribution in [1.82, 2.24) is 14.7 Å². The lowest BCUT2D eigenvalue weighted by molar-refractivity contribution is -0.121. The van der Waals surface area contributed by atoms with Crippen molar-refractivity contribution in [2.75, 3.05) is 30.4 Å². The summed E-state index contributed by atoms with van der Waals surface area (Å²) in [6.45, 7) is 4.13. The minimum Gasteiger partial charge on any atom is -0.482 e. The van der Waals surface area contributed by atoms with Gasteiger partial charge < -0.3 is 20.3 Å². The number of hydrogen-bond acceptors (Lipinski definition) is 5. The van der Waals surface area contributed by atoms with Gasteiger partial charge in [-0.15, -0.1) is 0 Å². The molecule has 0 spiro atoms. The number of carbonyl (C=O) groups excluding carboxylic acids is 3. The maximum Gasteiger partial charge on any atom is 0.270 e. The van der Waals surface area contributed by atoms with Gasteiger partial charge in [0.1, 0.15) is 17.1 Å². The van der Waals surface area contributed by atoms with E-state index in [4.69, 9.17) is 4.74 Å². The number of nitrogens with zero attached hydrogens (tertiary/aromatic N) is 3. The average molecular weight is 435 g/mol. The number of fused-ring (bicyclic) bond motifs is 2. The molecule has 9 nitrogen and oxygen atoms in total. The van der Waals surface area contributed by atoms with Crippen LogP contribution in [0.5, 0.6) is 5.75 Å². The van der Waals surface area contributed by atoms with Crippen LogP contribution >= 0.6 is 0 Å². The maximum absolute atomic E-state index is 12.7. The Morgan fingerprint density at radius 2 is 2.03 bits per heavy atom. The first kappa shape index (κ1) is 21.4. The summed E-state index contributed by atoms with van der Waals surface area (Å²) in [6, 6.07) is 9.01. The number of imidazole rings is 1. The van der Waals surface area contributed by atoms with Gasteiger partial charge in [0, 0.05) is 31.9 Å². The van der Waals surface area contributed by atoms with E-state index in [2.05, 4.69) is 15.6 Å². The fraction of sp³-hybridized carbons (Fsp3) is 0.304. The second-order valence-corrected chi connectivity index (χ2v) is 7.76. The molecule has 0 saturated heterocycles. The largest absolute Gasteiger partial charge is 0.482 e. The summed E-state index contributed by atoms with van der Waals surface area (Å²) in [5.74, 6) is 0.0636. The highest BCUT2D eigenvalue weighted by Crippen LogP contribution is 2.33. The van der Waals surface area contributed by atoms with Crippen LogP contribution in [0.2, 0.25) is 0 Å². The van der Waals surface area contributed by atoms with Gasteiger partial charge in [-0.05, 0) is 50.1 Å². The molecule has 0 atom stereocenters. The Hall–Kier alpha value is -3.88. The topological polar surface area (TPSA) is 105 Å². The second-order valence-electron chi connectivity index (χ2n) is 7.76. The monoisotopic (exact) mass is 435 g/mol. The molecule has 9 heteroatoms. The van der Waals surface area contributed by atoms with Crippen LogP contribution < -0.4 is 20.3 Å². The van der Waals surface area contributed by atoms with Crippen molar-refractivity contribution in [3.63, 3.8) is 0 Å². The molecular formula is C23H25N5O4. The van der Waals surface area contributed by atoms with E-state index in [1.807, 2.05) is 32.2 Å². The summed E-state index contributed by atoms with van der Waals surface area (Å²) in [5, 5.41) is 5.69. The molecule has 0 radical (unpaired) electrons. The standard InChI is InChI=1S/C23H25N5O4/c1-14-6-5-11-28-21(15(2)25-22(14)28)23(31)24-10-4-7-19(29)26-16-8-9-18-17(12-16)27(3)20(30)13-32-18/h5-6,8-9,11-12H,4,7,10,13H2,1-3H3,(H,24,31)(H,26,29). The van der Waals surface area contributed by atoms with Gasteiger partial charge in [0.2, 0.25) is 5.91 Å². The first-order chi connectivity index (χ1) is 15.3. The molecule has 0 bridgehead atoms. The highest BCUT2D eigenvalue weighted by Gasteiger charge is 2.22. The van der Waals surface area contributed by atoms with Crippen LogP contribution in [-0.2, 0) is 9.59 Å². The van der Waals surface area contributed by atoms with Crippen LogP contribution in [0, 0.1) is 13.8 Å². The fourth-order valence-electron chi connectivity index (χ4n) is 3.70. The van der Waals surface area contributed by atoms with Gasteiger partial charge in [-0.25, -0.2) is 4.98 Å². The van der Waals surface area contributed by atoms with E-state index < -0.39 is 0 Å². The number of carbonyl (C=O) groups is 3. The second kappa shape index (κ2) is 8.70. The number of nitrogens with one attached hydrogen (secondary N) is 2.